The first-order valence-corrected chi connectivity index (χ1v) is 7.33. The van der Waals surface area contributed by atoms with Crippen molar-refractivity contribution in [1.82, 2.24) is 5.32 Å². The molecule has 0 spiro atoms. The van der Waals surface area contributed by atoms with Gasteiger partial charge in [-0.25, -0.2) is 0 Å². The molecule has 2 N–H and O–H groups in total. The third kappa shape index (κ3) is 4.65. The lowest BCUT2D eigenvalue weighted by Gasteiger charge is -2.13. The Labute approximate surface area is 139 Å². The van der Waals surface area contributed by atoms with Gasteiger partial charge in [-0.05, 0) is 30.8 Å². The van der Waals surface area contributed by atoms with Crippen molar-refractivity contribution in [1.29, 1.82) is 0 Å². The standard InChI is InChI=1S/C16H17N3O3S/c1-11-3-5-12(6-4-11)10-17-16(23)18-14-8-7-13(19(20)21)9-15(14)22-2/h3-9H,10H2,1-2H3,(H2,17,18,23). The SMILES string of the molecule is COc1cc([N+](=O)[O-])ccc1NC(=S)NCc1ccc(C)cc1. The molecular formula is C16H17N3O3S. The fourth-order valence-electron chi connectivity index (χ4n) is 1.95. The highest BCUT2D eigenvalue weighted by molar-refractivity contribution is 7.80. The summed E-state index contributed by atoms with van der Waals surface area (Å²) in [4.78, 5) is 10.3. The first kappa shape index (κ1) is 16.7. The average molecular weight is 331 g/mol. The number of hydrogen-bond acceptors (Lipinski definition) is 4. The second-order valence-corrected chi connectivity index (χ2v) is 5.34. The van der Waals surface area contributed by atoms with Crippen LogP contribution in [-0.2, 0) is 6.54 Å². The van der Waals surface area contributed by atoms with Gasteiger partial charge in [0.05, 0.1) is 23.8 Å². The molecule has 0 heterocycles. The normalized spacial score (nSPS) is 10.0. The van der Waals surface area contributed by atoms with Crippen LogP contribution < -0.4 is 15.4 Å². The number of aryl methyl sites for hydroxylation is 1. The van der Waals surface area contributed by atoms with Crippen molar-refractivity contribution in [3.8, 4) is 5.75 Å². The van der Waals surface area contributed by atoms with Crippen molar-refractivity contribution in [3.05, 3.63) is 63.7 Å². The summed E-state index contributed by atoms with van der Waals surface area (Å²) in [6.07, 6.45) is 0. The Kier molecular flexibility index (Phi) is 5.48. The number of non-ortho nitro benzene ring substituents is 1. The summed E-state index contributed by atoms with van der Waals surface area (Å²) >= 11 is 5.24. The van der Waals surface area contributed by atoms with Crippen molar-refractivity contribution in [2.24, 2.45) is 0 Å². The maximum absolute atomic E-state index is 10.8. The molecule has 0 unspecified atom stereocenters. The van der Waals surface area contributed by atoms with Gasteiger partial charge in [0.1, 0.15) is 5.75 Å². The van der Waals surface area contributed by atoms with Gasteiger partial charge in [0.15, 0.2) is 5.11 Å². The number of nitrogens with zero attached hydrogens (tertiary/aromatic N) is 1. The summed E-state index contributed by atoms with van der Waals surface area (Å²) in [5, 5.41) is 17.3. The number of rotatable bonds is 5. The van der Waals surface area contributed by atoms with Crippen LogP contribution in [0.1, 0.15) is 11.1 Å². The summed E-state index contributed by atoms with van der Waals surface area (Å²) in [5.74, 6) is 0.360. The maximum atomic E-state index is 10.8. The van der Waals surface area contributed by atoms with E-state index in [0.29, 0.717) is 23.1 Å². The number of thiocarbonyl (C=S) groups is 1. The topological polar surface area (TPSA) is 76.4 Å². The number of nitro benzene ring substituents is 1. The molecule has 0 bridgehead atoms. The molecule has 0 radical (unpaired) electrons. The van der Waals surface area contributed by atoms with E-state index in [1.54, 1.807) is 6.07 Å². The Balaban J connectivity index is 1.99. The number of methoxy groups -OCH3 is 1. The van der Waals surface area contributed by atoms with Gasteiger partial charge in [-0.15, -0.1) is 0 Å². The summed E-state index contributed by atoms with van der Waals surface area (Å²) in [6, 6.07) is 12.4. The van der Waals surface area contributed by atoms with Crippen molar-refractivity contribution in [3.63, 3.8) is 0 Å². The van der Waals surface area contributed by atoms with Crippen LogP contribution in [0.3, 0.4) is 0 Å². The molecule has 7 heteroatoms. The van der Waals surface area contributed by atoms with E-state index in [9.17, 15) is 10.1 Å². The molecule has 0 saturated carbocycles. The molecule has 6 nitrogen and oxygen atoms in total. The number of hydrogen-bond donors (Lipinski definition) is 2. The molecule has 0 saturated heterocycles. The van der Waals surface area contributed by atoms with E-state index in [2.05, 4.69) is 10.6 Å². The van der Waals surface area contributed by atoms with Crippen LogP contribution in [0.4, 0.5) is 11.4 Å². The molecule has 0 aliphatic carbocycles. The predicted molar refractivity (Wildman–Crippen MR) is 93.9 cm³/mol. The molecule has 0 aliphatic heterocycles. The molecule has 0 atom stereocenters. The van der Waals surface area contributed by atoms with Gasteiger partial charge >= 0.3 is 0 Å². The zero-order valence-electron chi connectivity index (χ0n) is 12.8. The molecule has 0 aliphatic rings. The highest BCUT2D eigenvalue weighted by Crippen LogP contribution is 2.28. The van der Waals surface area contributed by atoms with E-state index in [4.69, 9.17) is 17.0 Å². The summed E-state index contributed by atoms with van der Waals surface area (Å²) in [6.45, 7) is 2.62. The van der Waals surface area contributed by atoms with Crippen molar-refractivity contribution >= 4 is 28.7 Å². The van der Waals surface area contributed by atoms with Gasteiger partial charge in [-0.3, -0.25) is 10.1 Å². The first-order valence-electron chi connectivity index (χ1n) is 6.92. The Morgan fingerprint density at radius 2 is 1.96 bits per heavy atom. The summed E-state index contributed by atoms with van der Waals surface area (Å²) < 4.78 is 5.16. The third-order valence-electron chi connectivity index (χ3n) is 3.22. The van der Waals surface area contributed by atoms with Gasteiger partial charge in [-0.1, -0.05) is 29.8 Å². The van der Waals surface area contributed by atoms with Crippen LogP contribution in [0.25, 0.3) is 0 Å². The van der Waals surface area contributed by atoms with Gasteiger partial charge in [0.2, 0.25) is 0 Å². The van der Waals surface area contributed by atoms with Gasteiger partial charge in [0, 0.05) is 12.6 Å². The van der Waals surface area contributed by atoms with E-state index in [1.165, 1.54) is 24.8 Å². The van der Waals surface area contributed by atoms with E-state index < -0.39 is 4.92 Å². The van der Waals surface area contributed by atoms with E-state index >= 15 is 0 Å². The van der Waals surface area contributed by atoms with E-state index in [-0.39, 0.29) is 5.69 Å². The summed E-state index contributed by atoms with van der Waals surface area (Å²) in [7, 11) is 1.45. The lowest BCUT2D eigenvalue weighted by atomic mass is 10.1. The molecule has 2 aromatic rings. The molecule has 120 valence electrons. The number of anilines is 1. The quantitative estimate of drug-likeness (QED) is 0.497. The van der Waals surface area contributed by atoms with E-state index in [0.717, 1.165) is 5.56 Å². The van der Waals surface area contributed by atoms with Crippen LogP contribution in [0.5, 0.6) is 5.75 Å². The number of benzene rings is 2. The minimum atomic E-state index is -0.472. The largest absolute Gasteiger partial charge is 0.494 e. The molecular weight excluding hydrogens is 314 g/mol. The Morgan fingerprint density at radius 3 is 2.57 bits per heavy atom. The fourth-order valence-corrected chi connectivity index (χ4v) is 2.13. The number of nitro groups is 1. The van der Waals surface area contributed by atoms with Crippen molar-refractivity contribution in [2.45, 2.75) is 13.5 Å². The van der Waals surface area contributed by atoms with Crippen LogP contribution >= 0.6 is 12.2 Å². The number of nitrogens with one attached hydrogen (secondary N) is 2. The predicted octanol–water partition coefficient (Wildman–Crippen LogP) is 3.40. The van der Waals surface area contributed by atoms with Crippen molar-refractivity contribution < 1.29 is 9.66 Å². The first-order chi connectivity index (χ1) is 11.0. The number of ether oxygens (including phenoxy) is 1. The zero-order chi connectivity index (χ0) is 16.8. The maximum Gasteiger partial charge on any atom is 0.273 e. The van der Waals surface area contributed by atoms with Crippen LogP contribution in [0.2, 0.25) is 0 Å². The van der Waals surface area contributed by atoms with Gasteiger partial charge in [-0.2, -0.15) is 0 Å². The second-order valence-electron chi connectivity index (χ2n) is 4.93. The Hall–Kier alpha value is -2.67. The van der Waals surface area contributed by atoms with Gasteiger partial charge in [0.25, 0.3) is 5.69 Å². The monoisotopic (exact) mass is 331 g/mol. The second kappa shape index (κ2) is 7.55. The zero-order valence-corrected chi connectivity index (χ0v) is 13.6. The highest BCUT2D eigenvalue weighted by atomic mass is 32.1. The van der Waals surface area contributed by atoms with E-state index in [1.807, 2.05) is 31.2 Å². The average Bonchev–Trinajstić information content (AvgIpc) is 2.54. The molecule has 2 aromatic carbocycles. The van der Waals surface area contributed by atoms with Gasteiger partial charge < -0.3 is 15.4 Å². The minimum Gasteiger partial charge on any atom is -0.494 e. The molecule has 0 fully saturated rings. The minimum absolute atomic E-state index is 0.0362. The Bertz CT molecular complexity index is 717. The molecule has 0 amide bonds. The molecule has 2 rings (SSSR count). The summed E-state index contributed by atoms with van der Waals surface area (Å²) in [5.41, 5.74) is 2.84. The van der Waals surface area contributed by atoms with Crippen LogP contribution in [0.15, 0.2) is 42.5 Å². The molecule has 23 heavy (non-hydrogen) atoms. The smallest absolute Gasteiger partial charge is 0.273 e. The Morgan fingerprint density at radius 1 is 1.26 bits per heavy atom. The lowest BCUT2D eigenvalue weighted by Crippen LogP contribution is -2.28. The molecule has 0 aromatic heterocycles. The highest BCUT2D eigenvalue weighted by Gasteiger charge is 2.12. The third-order valence-corrected chi connectivity index (χ3v) is 3.46. The van der Waals surface area contributed by atoms with Crippen LogP contribution in [-0.4, -0.2) is 17.1 Å². The lowest BCUT2D eigenvalue weighted by molar-refractivity contribution is -0.384. The fraction of sp³-hybridized carbons (Fsp3) is 0.188. The van der Waals surface area contributed by atoms with Crippen molar-refractivity contribution in [2.75, 3.05) is 12.4 Å². The van der Waals surface area contributed by atoms with Crippen LogP contribution in [0, 0.1) is 17.0 Å².